The molecular formula is C21H26N4O2S. The SMILES string of the molecule is CC(C)(C)CC(C)(C)c1cc(O)c(Sc2nnnn2-c2ccccc2)cc1O. The predicted octanol–water partition coefficient (Wildman–Crippen LogP) is 4.94. The van der Waals surface area contributed by atoms with Gasteiger partial charge in [-0.15, -0.1) is 5.10 Å². The van der Waals surface area contributed by atoms with Crippen LogP contribution in [-0.4, -0.2) is 30.4 Å². The number of aromatic hydroxyl groups is 2. The minimum atomic E-state index is -0.283. The maximum absolute atomic E-state index is 10.7. The summed E-state index contributed by atoms with van der Waals surface area (Å²) in [5, 5.41) is 33.6. The third-order valence-corrected chi connectivity index (χ3v) is 5.41. The second-order valence-electron chi connectivity index (χ2n) is 8.77. The summed E-state index contributed by atoms with van der Waals surface area (Å²) in [5.74, 6) is 0.260. The monoisotopic (exact) mass is 398 g/mol. The van der Waals surface area contributed by atoms with E-state index in [1.807, 2.05) is 30.3 Å². The molecule has 0 saturated heterocycles. The molecule has 0 aliphatic heterocycles. The Morgan fingerprint density at radius 1 is 0.964 bits per heavy atom. The van der Waals surface area contributed by atoms with Gasteiger partial charge in [0.2, 0.25) is 5.16 Å². The summed E-state index contributed by atoms with van der Waals surface area (Å²) in [4.78, 5) is 0.500. The summed E-state index contributed by atoms with van der Waals surface area (Å²) in [6.07, 6.45) is 0.867. The van der Waals surface area contributed by atoms with Crippen molar-refractivity contribution in [3.63, 3.8) is 0 Å². The lowest BCUT2D eigenvalue weighted by atomic mass is 9.72. The minimum absolute atomic E-state index is 0.0940. The fraction of sp³-hybridized carbons (Fsp3) is 0.381. The number of nitrogens with zero attached hydrogens (tertiary/aromatic N) is 4. The summed E-state index contributed by atoms with van der Waals surface area (Å²) in [6.45, 7) is 10.7. The molecule has 0 amide bonds. The van der Waals surface area contributed by atoms with Crippen LogP contribution in [0.4, 0.5) is 0 Å². The molecule has 0 saturated carbocycles. The van der Waals surface area contributed by atoms with Crippen molar-refractivity contribution in [1.29, 1.82) is 0 Å². The van der Waals surface area contributed by atoms with Gasteiger partial charge >= 0.3 is 0 Å². The molecule has 7 heteroatoms. The van der Waals surface area contributed by atoms with E-state index in [4.69, 9.17) is 0 Å². The largest absolute Gasteiger partial charge is 0.508 e. The van der Waals surface area contributed by atoms with E-state index < -0.39 is 0 Å². The molecule has 0 bridgehead atoms. The zero-order chi connectivity index (χ0) is 20.5. The van der Waals surface area contributed by atoms with Crippen molar-refractivity contribution in [3.8, 4) is 17.2 Å². The first-order valence-corrected chi connectivity index (χ1v) is 9.97. The number of phenols is 2. The average molecular weight is 399 g/mol. The quantitative estimate of drug-likeness (QED) is 0.592. The van der Waals surface area contributed by atoms with Crippen molar-refractivity contribution in [2.24, 2.45) is 5.41 Å². The van der Waals surface area contributed by atoms with Crippen molar-refractivity contribution in [1.82, 2.24) is 20.2 Å². The highest BCUT2D eigenvalue weighted by Gasteiger charge is 2.30. The number of benzene rings is 2. The van der Waals surface area contributed by atoms with E-state index >= 15 is 0 Å². The molecule has 0 aliphatic rings. The summed E-state index contributed by atoms with van der Waals surface area (Å²) in [7, 11) is 0. The van der Waals surface area contributed by atoms with Crippen LogP contribution in [0.25, 0.3) is 5.69 Å². The standard InChI is InChI=1S/C21H26N4O2S/c1-20(2,3)13-21(4,5)15-11-17(27)18(12-16(15)26)28-19-22-23-24-25(19)14-9-7-6-8-10-14/h6-12,26-27H,13H2,1-5H3. The molecule has 2 N–H and O–H groups in total. The molecule has 28 heavy (non-hydrogen) atoms. The van der Waals surface area contributed by atoms with Gasteiger partial charge < -0.3 is 10.2 Å². The number of rotatable bonds is 5. The topological polar surface area (TPSA) is 84.1 Å². The molecule has 3 aromatic rings. The van der Waals surface area contributed by atoms with Crippen LogP contribution in [0.1, 0.15) is 46.6 Å². The summed E-state index contributed by atoms with van der Waals surface area (Å²) < 4.78 is 1.60. The number of aromatic nitrogens is 4. The van der Waals surface area contributed by atoms with Gasteiger partial charge in [-0.05, 0) is 63.7 Å². The van der Waals surface area contributed by atoms with Gasteiger partial charge in [0.15, 0.2) is 0 Å². The van der Waals surface area contributed by atoms with E-state index in [0.29, 0.717) is 10.1 Å². The van der Waals surface area contributed by atoms with Gasteiger partial charge in [0, 0.05) is 5.56 Å². The molecule has 6 nitrogen and oxygen atoms in total. The number of hydrogen-bond acceptors (Lipinski definition) is 6. The van der Waals surface area contributed by atoms with Crippen molar-refractivity contribution < 1.29 is 10.2 Å². The van der Waals surface area contributed by atoms with Gasteiger partial charge in [-0.3, -0.25) is 0 Å². The van der Waals surface area contributed by atoms with Crippen LogP contribution in [0.3, 0.4) is 0 Å². The molecule has 0 spiro atoms. The van der Waals surface area contributed by atoms with E-state index in [1.54, 1.807) is 16.8 Å². The normalized spacial score (nSPS) is 12.3. The van der Waals surface area contributed by atoms with E-state index in [1.165, 1.54) is 11.8 Å². The average Bonchev–Trinajstić information content (AvgIpc) is 3.04. The van der Waals surface area contributed by atoms with Gasteiger partial charge in [-0.1, -0.05) is 52.8 Å². The Balaban J connectivity index is 1.92. The molecule has 1 aromatic heterocycles. The Morgan fingerprint density at radius 2 is 1.64 bits per heavy atom. The molecule has 1 heterocycles. The molecule has 0 aliphatic carbocycles. The smallest absolute Gasteiger partial charge is 0.219 e. The highest BCUT2D eigenvalue weighted by Crippen LogP contribution is 2.45. The zero-order valence-corrected chi connectivity index (χ0v) is 17.7. The maximum Gasteiger partial charge on any atom is 0.219 e. The third kappa shape index (κ3) is 4.47. The fourth-order valence-corrected chi connectivity index (χ4v) is 4.51. The summed E-state index contributed by atoms with van der Waals surface area (Å²) in [5.41, 5.74) is 1.36. The van der Waals surface area contributed by atoms with Crippen LogP contribution in [0.5, 0.6) is 11.5 Å². The third-order valence-electron chi connectivity index (χ3n) is 4.42. The second-order valence-corrected chi connectivity index (χ2v) is 9.78. The van der Waals surface area contributed by atoms with Gasteiger partial charge in [-0.2, -0.15) is 4.68 Å². The van der Waals surface area contributed by atoms with Crippen molar-refractivity contribution in [3.05, 3.63) is 48.0 Å². The molecular weight excluding hydrogens is 372 g/mol. The number of para-hydroxylation sites is 1. The molecule has 0 unspecified atom stereocenters. The first-order valence-electron chi connectivity index (χ1n) is 9.15. The lowest BCUT2D eigenvalue weighted by molar-refractivity contribution is 0.277. The van der Waals surface area contributed by atoms with Crippen LogP contribution in [0.2, 0.25) is 0 Å². The first kappa shape index (κ1) is 20.2. The van der Waals surface area contributed by atoms with E-state index in [2.05, 4.69) is 50.1 Å². The molecule has 0 radical (unpaired) electrons. The van der Waals surface area contributed by atoms with Gasteiger partial charge in [0.25, 0.3) is 0 Å². The Hall–Kier alpha value is -2.54. The molecule has 0 fully saturated rings. The number of tetrazole rings is 1. The van der Waals surface area contributed by atoms with Gasteiger partial charge in [0.05, 0.1) is 10.6 Å². The summed E-state index contributed by atoms with van der Waals surface area (Å²) >= 11 is 1.21. The Labute approximate surface area is 169 Å². The minimum Gasteiger partial charge on any atom is -0.508 e. The lowest BCUT2D eigenvalue weighted by Gasteiger charge is -2.33. The van der Waals surface area contributed by atoms with E-state index in [9.17, 15) is 10.2 Å². The molecule has 3 rings (SSSR count). The van der Waals surface area contributed by atoms with Gasteiger partial charge in [-0.25, -0.2) is 0 Å². The molecule has 2 aromatic carbocycles. The predicted molar refractivity (Wildman–Crippen MR) is 110 cm³/mol. The Morgan fingerprint density at radius 3 is 2.29 bits per heavy atom. The zero-order valence-electron chi connectivity index (χ0n) is 16.8. The first-order chi connectivity index (χ1) is 13.1. The molecule has 148 valence electrons. The van der Waals surface area contributed by atoms with Gasteiger partial charge in [0.1, 0.15) is 11.5 Å². The van der Waals surface area contributed by atoms with Crippen LogP contribution >= 0.6 is 11.8 Å². The highest BCUT2D eigenvalue weighted by molar-refractivity contribution is 7.99. The van der Waals surface area contributed by atoms with Crippen LogP contribution in [-0.2, 0) is 5.41 Å². The van der Waals surface area contributed by atoms with Crippen LogP contribution < -0.4 is 0 Å². The van der Waals surface area contributed by atoms with Crippen LogP contribution in [0.15, 0.2) is 52.5 Å². The molecule has 0 atom stereocenters. The highest BCUT2D eigenvalue weighted by atomic mass is 32.2. The number of hydrogen-bond donors (Lipinski definition) is 2. The lowest BCUT2D eigenvalue weighted by Crippen LogP contribution is -2.24. The Bertz CT molecular complexity index is 962. The van der Waals surface area contributed by atoms with Crippen molar-refractivity contribution >= 4 is 11.8 Å². The number of phenolic OH excluding ortho intramolecular Hbond substituents is 2. The fourth-order valence-electron chi connectivity index (χ4n) is 3.67. The Kier molecular flexibility index (Phi) is 5.39. The summed E-state index contributed by atoms with van der Waals surface area (Å²) in [6, 6.07) is 12.8. The second kappa shape index (κ2) is 7.47. The van der Waals surface area contributed by atoms with Crippen molar-refractivity contribution in [2.75, 3.05) is 0 Å². The van der Waals surface area contributed by atoms with E-state index in [0.717, 1.165) is 17.7 Å². The maximum atomic E-state index is 10.7. The van der Waals surface area contributed by atoms with E-state index in [-0.39, 0.29) is 22.3 Å². The van der Waals surface area contributed by atoms with Crippen molar-refractivity contribution in [2.45, 2.75) is 56.5 Å². The van der Waals surface area contributed by atoms with Crippen LogP contribution in [0, 0.1) is 5.41 Å².